The number of aromatic carboxylic acids is 1. The van der Waals surface area contributed by atoms with Gasteiger partial charge in [0, 0.05) is 42.6 Å². The van der Waals surface area contributed by atoms with E-state index in [1.165, 1.54) is 18.2 Å². The van der Waals surface area contributed by atoms with Crippen LogP contribution < -0.4 is 25.8 Å². The predicted molar refractivity (Wildman–Crippen MR) is 196 cm³/mol. The Labute approximate surface area is 316 Å². The first-order chi connectivity index (χ1) is 25.1. The van der Waals surface area contributed by atoms with Crippen LogP contribution in [0.2, 0.25) is 0 Å². The summed E-state index contributed by atoms with van der Waals surface area (Å²) in [5, 5.41) is 57.1. The van der Waals surface area contributed by atoms with Crippen molar-refractivity contribution in [3.05, 3.63) is 125 Å². The molecule has 0 aromatic heterocycles. The summed E-state index contributed by atoms with van der Waals surface area (Å²) in [5.74, 6) is -6.56. The van der Waals surface area contributed by atoms with Crippen LogP contribution in [-0.4, -0.2) is 75.9 Å². The molecule has 13 nitrogen and oxygen atoms in total. The molecular weight excluding hydrogens is 708 g/mol. The lowest BCUT2D eigenvalue weighted by Crippen LogP contribution is -2.54. The molecule has 0 saturated heterocycles. The van der Waals surface area contributed by atoms with E-state index in [2.05, 4.69) is 43.0 Å². The summed E-state index contributed by atoms with van der Waals surface area (Å²) in [7, 11) is 0. The fourth-order valence-electron chi connectivity index (χ4n) is 4.71. The van der Waals surface area contributed by atoms with Gasteiger partial charge >= 0.3 is 10.2 Å². The third-order valence-electron chi connectivity index (χ3n) is 7.53. The number of likely N-dealkylation sites (N-methyl/N-ethyl adjacent to an activating group) is 1. The highest BCUT2D eigenvalue weighted by Crippen LogP contribution is 2.35. The zero-order valence-electron chi connectivity index (χ0n) is 32.1. The molecule has 0 fully saturated rings. The lowest BCUT2D eigenvalue weighted by Gasteiger charge is -2.29. The molecule has 0 aliphatic heterocycles. The molecule has 0 bridgehead atoms. The minimum Gasteiger partial charge on any atom is -0.550 e. The molecule has 4 rings (SSSR count). The van der Waals surface area contributed by atoms with Gasteiger partial charge in [0.2, 0.25) is 0 Å². The summed E-state index contributed by atoms with van der Waals surface area (Å²) in [6, 6.07) is 32.5. The molecule has 0 unspecified atom stereocenters. The number of hydrogen-bond donors (Lipinski definition) is 4. The first-order valence-corrected chi connectivity index (χ1v) is 16.6. The highest BCUT2D eigenvalue weighted by Gasteiger charge is 2.29. The Bertz CT molecular complexity index is 1830. The molecule has 53 heavy (non-hydrogen) atoms. The van der Waals surface area contributed by atoms with Gasteiger partial charge in [-0.05, 0) is 60.1 Å². The van der Waals surface area contributed by atoms with Crippen LogP contribution in [0, 0.1) is 0 Å². The number of nitrogens with zero attached hydrogens (tertiary/aromatic N) is 1. The van der Waals surface area contributed by atoms with Gasteiger partial charge in [-0.15, -0.1) is 0 Å². The van der Waals surface area contributed by atoms with Gasteiger partial charge < -0.3 is 60.4 Å². The van der Waals surface area contributed by atoms with Gasteiger partial charge in [0.15, 0.2) is 0 Å². The lowest BCUT2D eigenvalue weighted by atomic mass is 9.95. The van der Waals surface area contributed by atoms with E-state index >= 15 is 0 Å². The van der Waals surface area contributed by atoms with E-state index in [9.17, 15) is 34.5 Å². The van der Waals surface area contributed by atoms with Gasteiger partial charge in [-0.25, -0.2) is 4.79 Å². The third kappa shape index (κ3) is 14.3. The third-order valence-corrected chi connectivity index (χ3v) is 7.93. The monoisotopic (exact) mass is 750 g/mol. The van der Waals surface area contributed by atoms with Crippen molar-refractivity contribution in [2.75, 3.05) is 32.0 Å². The number of aliphatic hydroxyl groups is 1. The largest absolute Gasteiger partial charge is 1.00 e. The minimum atomic E-state index is -2.97. The Kier molecular flexibility index (Phi) is 17.5. The second-order valence-corrected chi connectivity index (χ2v) is 11.7. The average molecular weight is 751 g/mol. The van der Waals surface area contributed by atoms with Crippen LogP contribution in [0.3, 0.4) is 0 Å². The SMILES string of the molecule is CCN(CC)CCOc1ccc(C(=C(Cl)c2ccccc2)c2ccccc2)cc1.Nc1ccc(O)c(C(=O)O)c1.O=C([O-])CC(O)(CC(=O)[O-])C(=O)[O-].[H+].[H+].[H+]. The number of carbonyl (C=O) groups excluding carboxylic acids is 3. The van der Waals surface area contributed by atoms with Crippen molar-refractivity contribution in [3.63, 3.8) is 0 Å². The van der Waals surface area contributed by atoms with Crippen LogP contribution in [0.25, 0.3) is 10.6 Å². The standard InChI is InChI=1S/C26H28ClNO.C7H7NO3.C6H8O7/c1-3-28(4-2)19-20-29-24-17-15-22(16-18-24)25(21-11-7-5-8-12-21)26(27)23-13-9-6-10-14-23;8-4-1-2-6(9)5(3-4)7(10)11;7-3(8)1-6(13,5(11)12)2-4(9)10/h5-18H,3-4,19-20H2,1-2H3;1-3,9H,8H2,(H,10,11);13H,1-2H2,(H,7,8)(H,9,10)(H,11,12). The number of nitrogens with two attached hydrogens (primary N) is 1. The molecule has 4 aromatic rings. The lowest BCUT2D eigenvalue weighted by molar-refractivity contribution is -0.339. The first kappa shape index (κ1) is 43.3. The van der Waals surface area contributed by atoms with Crippen molar-refractivity contribution in [2.24, 2.45) is 0 Å². The zero-order valence-corrected chi connectivity index (χ0v) is 29.8. The summed E-state index contributed by atoms with van der Waals surface area (Å²) in [6.45, 7) is 8.05. The molecule has 0 heterocycles. The number of nitrogen functional groups attached to an aromatic ring is 1. The second-order valence-electron chi connectivity index (χ2n) is 11.3. The van der Waals surface area contributed by atoms with Crippen LogP contribution in [0.4, 0.5) is 5.69 Å². The Morgan fingerprint density at radius 2 is 1.28 bits per heavy atom. The molecule has 0 amide bonds. The zero-order chi connectivity index (χ0) is 39.6. The van der Waals surface area contributed by atoms with Gasteiger partial charge in [-0.1, -0.05) is 98.2 Å². The molecule has 0 radical (unpaired) electrons. The number of anilines is 1. The number of aliphatic carboxylic acids is 3. The maximum atomic E-state index is 10.4. The van der Waals surface area contributed by atoms with Crippen molar-refractivity contribution in [3.8, 4) is 11.5 Å². The molecule has 0 atom stereocenters. The number of ether oxygens (including phenoxy) is 1. The summed E-state index contributed by atoms with van der Waals surface area (Å²) < 4.78 is 5.94. The number of hydrogen-bond acceptors (Lipinski definition) is 12. The average Bonchev–Trinajstić information content (AvgIpc) is 3.12. The van der Waals surface area contributed by atoms with E-state index in [0.29, 0.717) is 12.3 Å². The Hall–Kier alpha value is -5.89. The van der Waals surface area contributed by atoms with E-state index < -0.39 is 42.3 Å². The second kappa shape index (κ2) is 21.5. The summed E-state index contributed by atoms with van der Waals surface area (Å²) in [6.07, 6.45) is -2.72. The highest BCUT2D eigenvalue weighted by atomic mass is 35.5. The maximum Gasteiger partial charge on any atom is 1.00 e. The molecule has 5 N–H and O–H groups in total. The number of phenols is 1. The number of rotatable bonds is 15. The summed E-state index contributed by atoms with van der Waals surface area (Å²) in [5.41, 5.74) is 6.65. The smallest absolute Gasteiger partial charge is 0.550 e. The van der Waals surface area contributed by atoms with E-state index in [1.807, 2.05) is 60.7 Å². The molecule has 282 valence electrons. The fraction of sp³-hybridized carbons (Fsp3) is 0.231. The number of benzene rings is 4. The number of halogens is 1. The number of carbonyl (C=O) groups is 4. The topological polar surface area (TPSA) is 237 Å². The van der Waals surface area contributed by atoms with Crippen LogP contribution in [-0.2, 0) is 14.4 Å². The number of carboxylic acids is 4. The quantitative estimate of drug-likeness (QED) is 0.0777. The molecule has 0 aliphatic carbocycles. The van der Waals surface area contributed by atoms with E-state index in [1.54, 1.807) is 0 Å². The van der Waals surface area contributed by atoms with Gasteiger partial charge in [-0.2, -0.15) is 0 Å². The van der Waals surface area contributed by atoms with Gasteiger partial charge in [-0.3, -0.25) is 0 Å². The molecule has 4 aromatic carbocycles. The van der Waals surface area contributed by atoms with Crippen molar-refractivity contribution in [2.45, 2.75) is 32.3 Å². The molecule has 0 saturated carbocycles. The van der Waals surface area contributed by atoms with Crippen LogP contribution >= 0.6 is 11.6 Å². The molecule has 0 spiro atoms. The van der Waals surface area contributed by atoms with Crippen LogP contribution in [0.1, 0.15) is 58.0 Å². The molecular formula is C39H43ClN2O11. The van der Waals surface area contributed by atoms with Crippen molar-refractivity contribution >= 4 is 51.8 Å². The van der Waals surface area contributed by atoms with Crippen LogP contribution in [0.5, 0.6) is 11.5 Å². The van der Waals surface area contributed by atoms with Crippen LogP contribution in [0.15, 0.2) is 103 Å². The van der Waals surface area contributed by atoms with Gasteiger partial charge in [0.25, 0.3) is 0 Å². The molecule has 0 aliphatic rings. The molecule has 14 heteroatoms. The summed E-state index contributed by atoms with van der Waals surface area (Å²) in [4.78, 5) is 42.7. The number of carboxylic acid groups (broad SMARTS) is 4. The van der Waals surface area contributed by atoms with E-state index in [0.717, 1.165) is 52.7 Å². The van der Waals surface area contributed by atoms with Crippen molar-refractivity contribution in [1.29, 1.82) is 0 Å². The van der Waals surface area contributed by atoms with E-state index in [-0.39, 0.29) is 15.6 Å². The van der Waals surface area contributed by atoms with Crippen molar-refractivity contribution in [1.82, 2.24) is 4.90 Å². The highest BCUT2D eigenvalue weighted by molar-refractivity contribution is 6.53. The van der Waals surface area contributed by atoms with E-state index in [4.69, 9.17) is 37.4 Å². The first-order valence-electron chi connectivity index (χ1n) is 16.2. The predicted octanol–water partition coefficient (Wildman–Crippen LogP) is 2.32. The Morgan fingerprint density at radius 3 is 1.72 bits per heavy atom. The Morgan fingerprint density at radius 1 is 0.792 bits per heavy atom. The Balaban J connectivity index is 0. The minimum absolute atomic E-state index is 0. The summed E-state index contributed by atoms with van der Waals surface area (Å²) >= 11 is 6.87. The van der Waals surface area contributed by atoms with Crippen molar-refractivity contribution < 1.29 is 58.8 Å². The normalized spacial score (nSPS) is 11.2. The fourth-order valence-corrected chi connectivity index (χ4v) is 5.06. The van der Waals surface area contributed by atoms with Gasteiger partial charge in [0.05, 0.1) is 11.0 Å². The van der Waals surface area contributed by atoms with Gasteiger partial charge in [0.1, 0.15) is 29.3 Å². The maximum absolute atomic E-state index is 10.4. The number of aromatic hydroxyl groups is 1.